The van der Waals surface area contributed by atoms with Crippen LogP contribution in [-0.2, 0) is 4.74 Å². The normalized spacial score (nSPS) is 25.2. The van der Waals surface area contributed by atoms with Crippen LogP contribution in [0.5, 0.6) is 0 Å². The van der Waals surface area contributed by atoms with Crippen molar-refractivity contribution >= 4 is 22.3 Å². The van der Waals surface area contributed by atoms with Crippen molar-refractivity contribution in [2.24, 2.45) is 0 Å². The topological polar surface area (TPSA) is 109 Å². The van der Waals surface area contributed by atoms with E-state index in [1.807, 2.05) is 30.3 Å². The Bertz CT molecular complexity index is 1230. The molecule has 12 heteroatoms. The number of ether oxygens (including phenoxy) is 1. The lowest BCUT2D eigenvalue weighted by Crippen LogP contribution is -2.54. The molecule has 2 aromatic rings. The van der Waals surface area contributed by atoms with Crippen LogP contribution in [0.2, 0.25) is 0 Å². The van der Waals surface area contributed by atoms with E-state index in [4.69, 9.17) is 4.74 Å². The molecule has 2 fully saturated rings. The number of nitrogens with zero attached hydrogens (tertiary/aromatic N) is 2. The molecular weight excluding hydrogens is 504 g/mol. The van der Waals surface area contributed by atoms with E-state index >= 15 is 0 Å². The summed E-state index contributed by atoms with van der Waals surface area (Å²) in [5.74, 6) is -2.12. The van der Waals surface area contributed by atoms with Gasteiger partial charge in [-0.3, -0.25) is 24.4 Å². The number of methoxy groups -OCH3 is 1. The van der Waals surface area contributed by atoms with Crippen LogP contribution < -0.4 is 21.1 Å². The first-order valence-corrected chi connectivity index (χ1v) is 13.5. The van der Waals surface area contributed by atoms with Crippen LogP contribution in [0.25, 0.3) is 0 Å². The molecule has 3 atom stereocenters. The van der Waals surface area contributed by atoms with Crippen LogP contribution in [0.3, 0.4) is 0 Å². The number of amides is 2. The molecule has 0 aromatic heterocycles. The molecule has 1 unspecified atom stereocenters. The van der Waals surface area contributed by atoms with Crippen molar-refractivity contribution in [3.63, 3.8) is 0 Å². The van der Waals surface area contributed by atoms with Crippen molar-refractivity contribution in [3.05, 3.63) is 87.8 Å². The van der Waals surface area contributed by atoms with Gasteiger partial charge in [0.05, 0.1) is 29.4 Å². The fourth-order valence-corrected chi connectivity index (χ4v) is 6.19. The Hall–Kier alpha value is -3.16. The number of para-hydroxylation sites is 1. The van der Waals surface area contributed by atoms with E-state index in [0.29, 0.717) is 43.1 Å². The Morgan fingerprint density at radius 3 is 2.62 bits per heavy atom. The fraction of sp³-hybridized carbons (Fsp3) is 0.320. The van der Waals surface area contributed by atoms with Crippen molar-refractivity contribution in [3.8, 4) is 0 Å². The molecule has 198 valence electrons. The van der Waals surface area contributed by atoms with Gasteiger partial charge in [0.15, 0.2) is 17.8 Å². The Kier molecular flexibility index (Phi) is 7.10. The van der Waals surface area contributed by atoms with E-state index in [0.717, 1.165) is 11.8 Å². The third-order valence-electron chi connectivity index (χ3n) is 6.69. The molecule has 37 heavy (non-hydrogen) atoms. The molecule has 0 aliphatic carbocycles. The molecule has 2 saturated heterocycles. The maximum Gasteiger partial charge on any atom is 0.317 e. The van der Waals surface area contributed by atoms with Crippen LogP contribution in [0.4, 0.5) is 19.3 Å². The largest absolute Gasteiger partial charge is 0.383 e. The molecule has 2 aromatic carbocycles. The van der Waals surface area contributed by atoms with Crippen LogP contribution in [-0.4, -0.2) is 65.6 Å². The van der Waals surface area contributed by atoms with Gasteiger partial charge < -0.3 is 15.4 Å². The van der Waals surface area contributed by atoms with Crippen LogP contribution >= 0.6 is 10.6 Å². The van der Waals surface area contributed by atoms with E-state index in [2.05, 4.69) is 21.0 Å². The third kappa shape index (κ3) is 5.43. The minimum atomic E-state index is -3.04. The van der Waals surface area contributed by atoms with Gasteiger partial charge in [-0.2, -0.15) is 10.6 Å². The van der Waals surface area contributed by atoms with Crippen molar-refractivity contribution < 1.29 is 27.4 Å². The van der Waals surface area contributed by atoms with Crippen molar-refractivity contribution in [1.82, 2.24) is 21.0 Å². The summed E-state index contributed by atoms with van der Waals surface area (Å²) in [5.41, 5.74) is 5.56. The number of hydrogen-bond acceptors (Lipinski definition) is 7. The summed E-state index contributed by atoms with van der Waals surface area (Å²) in [4.78, 5) is 15.4. The monoisotopic (exact) mass is 533 g/mol. The lowest BCUT2D eigenvalue weighted by molar-refractivity contribution is 0.159. The summed E-state index contributed by atoms with van der Waals surface area (Å²) in [5, 5.41) is 10.4. The number of urea groups is 1. The highest BCUT2D eigenvalue weighted by Crippen LogP contribution is 2.52. The SMILES string of the molecule is COCCN1C[C@@H](NC(=O)NC2C3=CS(O)(O)C=C3NN2c2ccccc2)[C@H](c2ccc(F)c(F)c2)C1. The zero-order chi connectivity index (χ0) is 26.2. The summed E-state index contributed by atoms with van der Waals surface area (Å²) in [6.45, 7) is 2.17. The second-order valence-electron chi connectivity index (χ2n) is 9.22. The van der Waals surface area contributed by atoms with Gasteiger partial charge in [0.2, 0.25) is 0 Å². The Morgan fingerprint density at radius 1 is 1.11 bits per heavy atom. The number of hydrazine groups is 1. The number of benzene rings is 2. The van der Waals surface area contributed by atoms with Gasteiger partial charge in [-0.05, 0) is 29.8 Å². The molecule has 5 N–H and O–H groups in total. The highest BCUT2D eigenvalue weighted by atomic mass is 32.3. The molecule has 0 saturated carbocycles. The smallest absolute Gasteiger partial charge is 0.317 e. The average molecular weight is 534 g/mol. The first kappa shape index (κ1) is 25.5. The van der Waals surface area contributed by atoms with Gasteiger partial charge in [-0.15, -0.1) is 0 Å². The van der Waals surface area contributed by atoms with Crippen molar-refractivity contribution in [2.75, 3.05) is 38.4 Å². The van der Waals surface area contributed by atoms with Gasteiger partial charge >= 0.3 is 6.03 Å². The standard InChI is InChI=1S/C25H29F2N5O4S/c1-36-10-9-31-12-18(16-7-8-20(26)21(27)11-16)22(13-31)28-25(33)29-24-19-14-37(34,35)15-23(19)30-32(24)17-5-3-2-4-6-17/h2-8,11,14-15,18,22,24,30,34-35H,9-10,12-13H2,1H3,(H2,28,29,33)/t18-,22+,24?/m0/s1. The highest BCUT2D eigenvalue weighted by molar-refractivity contribution is 8.29. The van der Waals surface area contributed by atoms with Crippen molar-refractivity contribution in [2.45, 2.75) is 18.1 Å². The molecule has 3 aliphatic heterocycles. The fourth-order valence-electron chi connectivity index (χ4n) is 4.96. The molecule has 9 nitrogen and oxygen atoms in total. The van der Waals surface area contributed by atoms with Gasteiger partial charge in [0.1, 0.15) is 0 Å². The molecular formula is C25H29F2N5O4S. The lowest BCUT2D eigenvalue weighted by atomic mass is 9.94. The molecule has 3 heterocycles. The van der Waals surface area contributed by atoms with Crippen LogP contribution in [0.1, 0.15) is 11.5 Å². The molecule has 0 radical (unpaired) electrons. The summed E-state index contributed by atoms with van der Waals surface area (Å²) < 4.78 is 53.1. The van der Waals surface area contributed by atoms with E-state index in [-0.39, 0.29) is 12.0 Å². The number of carbonyl (C=O) groups is 1. The van der Waals surface area contributed by atoms with Crippen molar-refractivity contribution in [1.29, 1.82) is 0 Å². The minimum absolute atomic E-state index is 0.266. The van der Waals surface area contributed by atoms with E-state index in [1.165, 1.54) is 16.9 Å². The van der Waals surface area contributed by atoms with E-state index in [1.54, 1.807) is 18.2 Å². The number of likely N-dealkylation sites (tertiary alicyclic amines) is 1. The molecule has 5 rings (SSSR count). The zero-order valence-corrected chi connectivity index (χ0v) is 20.9. The Balaban J connectivity index is 1.35. The van der Waals surface area contributed by atoms with Crippen LogP contribution in [0.15, 0.2) is 70.6 Å². The molecule has 3 aliphatic rings. The summed E-state index contributed by atoms with van der Waals surface area (Å²) >= 11 is 0. The second-order valence-corrected chi connectivity index (χ2v) is 11.0. The predicted octanol–water partition coefficient (Wildman–Crippen LogP) is 3.52. The second kappa shape index (κ2) is 10.3. The molecule has 0 bridgehead atoms. The van der Waals surface area contributed by atoms with E-state index in [9.17, 15) is 22.7 Å². The van der Waals surface area contributed by atoms with Gasteiger partial charge in [-0.25, -0.2) is 13.6 Å². The number of carbonyl (C=O) groups excluding carboxylic acids is 1. The van der Waals surface area contributed by atoms with Gasteiger partial charge in [-0.1, -0.05) is 24.3 Å². The first-order valence-electron chi connectivity index (χ1n) is 11.8. The minimum Gasteiger partial charge on any atom is -0.383 e. The molecule has 2 amide bonds. The number of hydrogen-bond donors (Lipinski definition) is 5. The summed E-state index contributed by atoms with van der Waals surface area (Å²) in [6.07, 6.45) is -0.713. The summed E-state index contributed by atoms with van der Waals surface area (Å²) in [7, 11) is -1.43. The Labute approximate surface area is 215 Å². The van der Waals surface area contributed by atoms with Gasteiger partial charge in [0.25, 0.3) is 0 Å². The maximum atomic E-state index is 14.0. The number of halogens is 2. The maximum absolute atomic E-state index is 14.0. The highest BCUT2D eigenvalue weighted by Gasteiger charge is 2.41. The number of rotatable bonds is 7. The van der Waals surface area contributed by atoms with E-state index < -0.39 is 34.4 Å². The van der Waals surface area contributed by atoms with Crippen LogP contribution in [0, 0.1) is 11.6 Å². The zero-order valence-electron chi connectivity index (χ0n) is 20.1. The first-order chi connectivity index (χ1) is 17.7. The number of fused-ring (bicyclic) bond motifs is 1. The number of nitrogens with one attached hydrogen (secondary N) is 3. The third-order valence-corrected chi connectivity index (χ3v) is 7.88. The van der Waals surface area contributed by atoms with Gasteiger partial charge in [0, 0.05) is 43.6 Å². The summed E-state index contributed by atoms with van der Waals surface area (Å²) in [6, 6.07) is 12.3. The predicted molar refractivity (Wildman–Crippen MR) is 138 cm³/mol. The Morgan fingerprint density at radius 2 is 1.89 bits per heavy atom. The molecule has 0 spiro atoms. The average Bonchev–Trinajstić information content (AvgIpc) is 3.50. The lowest BCUT2D eigenvalue weighted by Gasteiger charge is -2.30. The number of anilines is 1. The quantitative estimate of drug-likeness (QED) is 0.371.